The molecule has 0 N–H and O–H groups in total. The second kappa shape index (κ2) is 14.9. The Balaban J connectivity index is 2.99. The molecule has 194 valence electrons. The number of methoxy groups -OCH3 is 1. The number of carbonyl (C=O) groups is 6. The molecule has 0 fully saturated rings. The normalized spacial score (nSPS) is 12.1. The van der Waals surface area contributed by atoms with E-state index in [0.717, 1.165) is 20.3 Å². The third-order valence-electron chi connectivity index (χ3n) is 4.56. The number of rotatable bonds is 12. The lowest BCUT2D eigenvalue weighted by atomic mass is 9.89. The molecular weight excluding hydrogens is 476 g/mol. The number of benzene rings is 1. The van der Waals surface area contributed by atoms with Crippen LogP contribution in [0.4, 0.5) is 0 Å². The number of hydrogen-bond donors (Lipinski definition) is 0. The quantitative estimate of drug-likeness (QED) is 0.103. The van der Waals surface area contributed by atoms with Crippen LogP contribution in [0.25, 0.3) is 0 Å². The van der Waals surface area contributed by atoms with Crippen LogP contribution in [0.15, 0.2) is 41.7 Å². The molecule has 36 heavy (non-hydrogen) atoms. The molecule has 11 nitrogen and oxygen atoms in total. The van der Waals surface area contributed by atoms with E-state index in [0.29, 0.717) is 11.8 Å². The van der Waals surface area contributed by atoms with Gasteiger partial charge in [-0.2, -0.15) is 0 Å². The van der Waals surface area contributed by atoms with E-state index in [9.17, 15) is 28.8 Å². The first kappa shape index (κ1) is 29.8. The third kappa shape index (κ3) is 9.92. The Labute approximate surface area is 208 Å². The van der Waals surface area contributed by atoms with Crippen LogP contribution in [0.5, 0.6) is 11.5 Å². The van der Waals surface area contributed by atoms with Gasteiger partial charge in [0.2, 0.25) is 0 Å². The number of carbonyl (C=O) groups excluding carboxylic acids is 6. The average molecular weight is 504 g/mol. The summed E-state index contributed by atoms with van der Waals surface area (Å²) in [6, 6.07) is 4.51. The lowest BCUT2D eigenvalue weighted by molar-refractivity contribution is -0.144. The zero-order chi connectivity index (χ0) is 27.3. The molecule has 0 saturated heterocycles. The molecule has 1 rings (SSSR count). The fraction of sp³-hybridized carbons (Fsp3) is 0.360. The van der Waals surface area contributed by atoms with Crippen LogP contribution in [0.1, 0.15) is 39.7 Å². The number of hydrogen-bond acceptors (Lipinski definition) is 11. The van der Waals surface area contributed by atoms with Crippen molar-refractivity contribution < 1.29 is 52.5 Å². The molecular formula is C25H28O11. The van der Waals surface area contributed by atoms with Crippen molar-refractivity contribution in [2.45, 2.75) is 40.5 Å². The van der Waals surface area contributed by atoms with Gasteiger partial charge in [-0.05, 0) is 30.2 Å². The van der Waals surface area contributed by atoms with Crippen molar-refractivity contribution >= 4 is 36.1 Å². The number of allylic oxidation sites excluding steroid dienone is 2. The molecule has 1 aromatic carbocycles. The van der Waals surface area contributed by atoms with Gasteiger partial charge in [0, 0.05) is 33.1 Å². The molecule has 11 heteroatoms. The maximum absolute atomic E-state index is 12.5. The molecule has 0 amide bonds. The van der Waals surface area contributed by atoms with Crippen LogP contribution in [0.3, 0.4) is 0 Å². The summed E-state index contributed by atoms with van der Waals surface area (Å²) in [5.41, 5.74) is 0.485. The summed E-state index contributed by atoms with van der Waals surface area (Å²) >= 11 is 0. The summed E-state index contributed by atoms with van der Waals surface area (Å²) in [6.07, 6.45) is 2.54. The minimum Gasteiger partial charge on any atom is -0.466 e. The fourth-order valence-electron chi connectivity index (χ4n) is 2.99. The highest BCUT2D eigenvalue weighted by molar-refractivity contribution is 5.93. The molecule has 0 saturated carbocycles. The molecule has 0 bridgehead atoms. The van der Waals surface area contributed by atoms with Crippen LogP contribution in [0, 0.1) is 5.92 Å². The summed E-state index contributed by atoms with van der Waals surface area (Å²) in [5.74, 6) is -4.53. The maximum atomic E-state index is 12.5. The van der Waals surface area contributed by atoms with Crippen LogP contribution in [-0.4, -0.2) is 49.8 Å². The Kier molecular flexibility index (Phi) is 12.3. The van der Waals surface area contributed by atoms with Crippen molar-refractivity contribution in [1.82, 2.24) is 0 Å². The lowest BCUT2D eigenvalue weighted by Crippen LogP contribution is -2.22. The van der Waals surface area contributed by atoms with E-state index in [4.69, 9.17) is 23.7 Å². The second-order valence-corrected chi connectivity index (χ2v) is 7.28. The Morgan fingerprint density at radius 3 is 2.11 bits per heavy atom. The molecule has 0 aliphatic heterocycles. The summed E-state index contributed by atoms with van der Waals surface area (Å²) in [6.45, 7) is 4.97. The second-order valence-electron chi connectivity index (χ2n) is 7.28. The van der Waals surface area contributed by atoms with E-state index in [1.54, 1.807) is 13.0 Å². The van der Waals surface area contributed by atoms with E-state index in [2.05, 4.69) is 0 Å². The number of aldehydes is 1. The summed E-state index contributed by atoms with van der Waals surface area (Å²) < 4.78 is 24.8. The Bertz CT molecular complexity index is 1070. The molecule has 1 aromatic rings. The van der Waals surface area contributed by atoms with Crippen LogP contribution >= 0.6 is 0 Å². The minimum atomic E-state index is -1.08. The maximum Gasteiger partial charge on any atom is 0.337 e. The van der Waals surface area contributed by atoms with Gasteiger partial charge in [-0.1, -0.05) is 12.1 Å². The Hall–Kier alpha value is -4.28. The van der Waals surface area contributed by atoms with E-state index < -0.39 is 42.2 Å². The molecule has 0 spiro atoms. The molecule has 0 radical (unpaired) electrons. The highest BCUT2D eigenvalue weighted by Crippen LogP contribution is 2.29. The van der Waals surface area contributed by atoms with Gasteiger partial charge in [-0.3, -0.25) is 24.0 Å². The zero-order valence-electron chi connectivity index (χ0n) is 20.7. The van der Waals surface area contributed by atoms with Gasteiger partial charge in [0.15, 0.2) is 11.5 Å². The van der Waals surface area contributed by atoms with Gasteiger partial charge in [-0.25, -0.2) is 4.79 Å². The largest absolute Gasteiger partial charge is 0.466 e. The summed E-state index contributed by atoms with van der Waals surface area (Å²) in [4.78, 5) is 70.1. The van der Waals surface area contributed by atoms with E-state index in [1.807, 2.05) is 0 Å². The molecule has 0 aliphatic carbocycles. The number of ether oxygens (including phenoxy) is 5. The van der Waals surface area contributed by atoms with Gasteiger partial charge < -0.3 is 23.7 Å². The molecule has 0 aromatic heterocycles. The summed E-state index contributed by atoms with van der Waals surface area (Å²) in [7, 11) is 1.10. The zero-order valence-corrected chi connectivity index (χ0v) is 20.7. The van der Waals surface area contributed by atoms with Gasteiger partial charge >= 0.3 is 29.8 Å². The third-order valence-corrected chi connectivity index (χ3v) is 4.56. The van der Waals surface area contributed by atoms with Crippen molar-refractivity contribution in [3.8, 4) is 11.5 Å². The highest BCUT2D eigenvalue weighted by atomic mass is 16.6. The standard InChI is InChI=1S/C25H28O11/c1-6-19(13-26)20(21(25(31)32-5)14-34-15(2)27)12-24(30)33-10-9-18-7-8-22(35-16(3)28)23(11-18)36-17(4)29/h6-8,11,13-14,20H,9-10,12H2,1-5H3/b19-6-,21-14+. The summed E-state index contributed by atoms with van der Waals surface area (Å²) in [5, 5.41) is 0. The van der Waals surface area contributed by atoms with E-state index >= 15 is 0 Å². The lowest BCUT2D eigenvalue weighted by Gasteiger charge is -2.18. The monoisotopic (exact) mass is 504 g/mol. The van der Waals surface area contributed by atoms with E-state index in [1.165, 1.54) is 32.1 Å². The molecule has 1 unspecified atom stereocenters. The molecule has 1 atom stereocenters. The SMILES string of the molecule is C/C=C(/C=O)C(CC(=O)OCCc1ccc(OC(C)=O)c(OC(C)=O)c1)/C(=C\OC(C)=O)C(=O)OC. The van der Waals surface area contributed by atoms with Crippen LogP contribution < -0.4 is 9.47 Å². The molecule has 0 heterocycles. The average Bonchev–Trinajstić information content (AvgIpc) is 2.80. The van der Waals surface area contributed by atoms with Gasteiger partial charge in [-0.15, -0.1) is 0 Å². The first-order valence-electron chi connectivity index (χ1n) is 10.7. The smallest absolute Gasteiger partial charge is 0.337 e. The number of esters is 5. The Morgan fingerprint density at radius 1 is 0.944 bits per heavy atom. The van der Waals surface area contributed by atoms with Gasteiger partial charge in [0.1, 0.15) is 12.5 Å². The van der Waals surface area contributed by atoms with Crippen molar-refractivity contribution in [1.29, 1.82) is 0 Å². The minimum absolute atomic E-state index is 0.0311. The van der Waals surface area contributed by atoms with E-state index in [-0.39, 0.29) is 35.7 Å². The Morgan fingerprint density at radius 2 is 1.58 bits per heavy atom. The van der Waals surface area contributed by atoms with Crippen molar-refractivity contribution in [3.05, 3.63) is 47.2 Å². The van der Waals surface area contributed by atoms with Gasteiger partial charge in [0.05, 0.1) is 25.7 Å². The predicted octanol–water partition coefficient (Wildman–Crippen LogP) is 2.39. The van der Waals surface area contributed by atoms with Crippen molar-refractivity contribution in [2.24, 2.45) is 5.92 Å². The molecule has 0 aliphatic rings. The van der Waals surface area contributed by atoms with Crippen molar-refractivity contribution in [3.63, 3.8) is 0 Å². The van der Waals surface area contributed by atoms with Gasteiger partial charge in [0.25, 0.3) is 0 Å². The fourth-order valence-corrected chi connectivity index (χ4v) is 2.99. The topological polar surface area (TPSA) is 149 Å². The predicted molar refractivity (Wildman–Crippen MR) is 124 cm³/mol. The first-order chi connectivity index (χ1) is 17.0. The van der Waals surface area contributed by atoms with Crippen LogP contribution in [-0.2, 0) is 49.4 Å². The highest BCUT2D eigenvalue weighted by Gasteiger charge is 2.29. The van der Waals surface area contributed by atoms with Crippen molar-refractivity contribution in [2.75, 3.05) is 13.7 Å². The van der Waals surface area contributed by atoms with Crippen LogP contribution in [0.2, 0.25) is 0 Å². The first-order valence-corrected chi connectivity index (χ1v) is 10.7.